The zero-order chi connectivity index (χ0) is 15.6. The highest BCUT2D eigenvalue weighted by molar-refractivity contribution is 5.28. The number of aryl methyl sites for hydroxylation is 1. The van der Waals surface area contributed by atoms with Gasteiger partial charge in [0.15, 0.2) is 0 Å². The van der Waals surface area contributed by atoms with Crippen molar-refractivity contribution in [3.8, 4) is 0 Å². The Labute approximate surface area is 122 Å². The molecule has 0 aliphatic heterocycles. The summed E-state index contributed by atoms with van der Waals surface area (Å²) in [5.41, 5.74) is 1.46. The molecule has 21 heavy (non-hydrogen) atoms. The summed E-state index contributed by atoms with van der Waals surface area (Å²) in [4.78, 5) is 0. The summed E-state index contributed by atoms with van der Waals surface area (Å²) in [7, 11) is 0. The molecule has 112 valence electrons. The fraction of sp³-hybridized carbons (Fsp3) is 0.294. The standard InChI is InChI=1S/C17H18F3N/c1-10-8-17(20)15(9-16(10)19)12(3)21-11(2)13-4-6-14(18)7-5-13/h4-9,11-12,21H,1-3H3/t11-,12?/m1/s1. The van der Waals surface area contributed by atoms with Gasteiger partial charge < -0.3 is 5.32 Å². The third kappa shape index (κ3) is 3.64. The fourth-order valence-corrected chi connectivity index (χ4v) is 2.31. The number of rotatable bonds is 4. The van der Waals surface area contributed by atoms with Crippen LogP contribution < -0.4 is 5.32 Å². The lowest BCUT2D eigenvalue weighted by Gasteiger charge is -2.21. The van der Waals surface area contributed by atoms with Gasteiger partial charge in [-0.25, -0.2) is 13.2 Å². The van der Waals surface area contributed by atoms with E-state index in [4.69, 9.17) is 0 Å². The molecule has 2 aromatic rings. The van der Waals surface area contributed by atoms with Gasteiger partial charge in [-0.3, -0.25) is 0 Å². The summed E-state index contributed by atoms with van der Waals surface area (Å²) in [5, 5.41) is 3.19. The molecule has 0 saturated carbocycles. The van der Waals surface area contributed by atoms with Crippen molar-refractivity contribution in [2.45, 2.75) is 32.9 Å². The van der Waals surface area contributed by atoms with Crippen LogP contribution in [0.15, 0.2) is 36.4 Å². The monoisotopic (exact) mass is 293 g/mol. The molecule has 0 spiro atoms. The zero-order valence-electron chi connectivity index (χ0n) is 12.3. The average molecular weight is 293 g/mol. The van der Waals surface area contributed by atoms with Crippen LogP contribution in [0.25, 0.3) is 0 Å². The molecule has 2 rings (SSSR count). The van der Waals surface area contributed by atoms with E-state index in [1.807, 2.05) is 6.92 Å². The molecule has 0 bridgehead atoms. The van der Waals surface area contributed by atoms with E-state index in [-0.39, 0.29) is 29.0 Å². The van der Waals surface area contributed by atoms with E-state index in [2.05, 4.69) is 5.32 Å². The van der Waals surface area contributed by atoms with Crippen LogP contribution in [0.1, 0.15) is 42.6 Å². The Kier molecular flexibility index (Phi) is 4.68. The SMILES string of the molecule is Cc1cc(F)c(C(C)N[C@H](C)c2ccc(F)cc2)cc1F. The lowest BCUT2D eigenvalue weighted by atomic mass is 10.0. The molecule has 0 radical (unpaired) electrons. The Morgan fingerprint density at radius 2 is 1.48 bits per heavy atom. The van der Waals surface area contributed by atoms with Crippen molar-refractivity contribution in [2.24, 2.45) is 0 Å². The van der Waals surface area contributed by atoms with Crippen molar-refractivity contribution >= 4 is 0 Å². The predicted octanol–water partition coefficient (Wildman–Crippen LogP) is 4.82. The molecule has 0 fully saturated rings. The van der Waals surface area contributed by atoms with Gasteiger partial charge in [0.2, 0.25) is 0 Å². The Bertz CT molecular complexity index is 623. The van der Waals surface area contributed by atoms with Crippen LogP contribution in [0.2, 0.25) is 0 Å². The van der Waals surface area contributed by atoms with Gasteiger partial charge in [-0.1, -0.05) is 12.1 Å². The molecule has 2 atom stereocenters. The molecular weight excluding hydrogens is 275 g/mol. The molecular formula is C17H18F3N. The Balaban J connectivity index is 2.15. The second-order valence-corrected chi connectivity index (χ2v) is 5.28. The van der Waals surface area contributed by atoms with Crippen molar-refractivity contribution in [1.82, 2.24) is 5.32 Å². The fourth-order valence-electron chi connectivity index (χ4n) is 2.31. The molecule has 0 heterocycles. The van der Waals surface area contributed by atoms with Crippen LogP contribution in [0.4, 0.5) is 13.2 Å². The topological polar surface area (TPSA) is 12.0 Å². The molecule has 1 nitrogen and oxygen atoms in total. The van der Waals surface area contributed by atoms with Gasteiger partial charge in [0.05, 0.1) is 0 Å². The molecule has 0 aromatic heterocycles. The van der Waals surface area contributed by atoms with Gasteiger partial charge >= 0.3 is 0 Å². The molecule has 0 aliphatic rings. The van der Waals surface area contributed by atoms with E-state index >= 15 is 0 Å². The van der Waals surface area contributed by atoms with Crippen LogP contribution in [0.3, 0.4) is 0 Å². The maximum absolute atomic E-state index is 13.9. The minimum atomic E-state index is -0.430. The summed E-state index contributed by atoms with van der Waals surface area (Å²) in [6.45, 7) is 5.20. The van der Waals surface area contributed by atoms with Crippen molar-refractivity contribution in [1.29, 1.82) is 0 Å². The zero-order valence-corrected chi connectivity index (χ0v) is 12.3. The van der Waals surface area contributed by atoms with E-state index in [1.165, 1.54) is 31.2 Å². The quantitative estimate of drug-likeness (QED) is 0.852. The first-order valence-corrected chi connectivity index (χ1v) is 6.85. The minimum Gasteiger partial charge on any atom is -0.304 e. The second kappa shape index (κ2) is 6.31. The summed E-state index contributed by atoms with van der Waals surface area (Å²) in [6.07, 6.45) is 0. The molecule has 2 aromatic carbocycles. The first-order chi connectivity index (χ1) is 9.88. The van der Waals surface area contributed by atoms with E-state index in [0.29, 0.717) is 0 Å². The van der Waals surface area contributed by atoms with Crippen LogP contribution in [0.5, 0.6) is 0 Å². The van der Waals surface area contributed by atoms with E-state index in [0.717, 1.165) is 5.56 Å². The minimum absolute atomic E-state index is 0.107. The van der Waals surface area contributed by atoms with Gasteiger partial charge in [0.25, 0.3) is 0 Å². The van der Waals surface area contributed by atoms with E-state index in [9.17, 15) is 13.2 Å². The third-order valence-corrected chi connectivity index (χ3v) is 3.61. The van der Waals surface area contributed by atoms with Crippen LogP contribution in [-0.4, -0.2) is 0 Å². The maximum Gasteiger partial charge on any atom is 0.128 e. The van der Waals surface area contributed by atoms with Gasteiger partial charge in [-0.2, -0.15) is 0 Å². The van der Waals surface area contributed by atoms with Crippen LogP contribution in [-0.2, 0) is 0 Å². The summed E-state index contributed by atoms with van der Waals surface area (Å²) >= 11 is 0. The highest BCUT2D eigenvalue weighted by Crippen LogP contribution is 2.24. The van der Waals surface area contributed by atoms with Crippen LogP contribution in [0, 0.1) is 24.4 Å². The first-order valence-electron chi connectivity index (χ1n) is 6.85. The number of hydrogen-bond donors (Lipinski definition) is 1. The Morgan fingerprint density at radius 1 is 0.857 bits per heavy atom. The normalized spacial score (nSPS) is 14.0. The average Bonchev–Trinajstić information content (AvgIpc) is 2.43. The molecule has 1 N–H and O–H groups in total. The second-order valence-electron chi connectivity index (χ2n) is 5.28. The number of hydrogen-bond acceptors (Lipinski definition) is 1. The van der Waals surface area contributed by atoms with Crippen molar-refractivity contribution < 1.29 is 13.2 Å². The van der Waals surface area contributed by atoms with Crippen molar-refractivity contribution in [2.75, 3.05) is 0 Å². The van der Waals surface area contributed by atoms with Gasteiger partial charge in [-0.15, -0.1) is 0 Å². The largest absolute Gasteiger partial charge is 0.304 e. The highest BCUT2D eigenvalue weighted by Gasteiger charge is 2.16. The van der Waals surface area contributed by atoms with Crippen molar-refractivity contribution in [3.05, 3.63) is 70.5 Å². The maximum atomic E-state index is 13.9. The summed E-state index contributed by atoms with van der Waals surface area (Å²) < 4.78 is 40.4. The number of benzene rings is 2. The van der Waals surface area contributed by atoms with Gasteiger partial charge in [0.1, 0.15) is 17.5 Å². The number of halogens is 3. The smallest absolute Gasteiger partial charge is 0.128 e. The summed E-state index contributed by atoms with van der Waals surface area (Å²) in [6, 6.07) is 8.06. The van der Waals surface area contributed by atoms with Gasteiger partial charge in [0, 0.05) is 17.6 Å². The molecule has 0 saturated heterocycles. The Hall–Kier alpha value is -1.81. The lowest BCUT2D eigenvalue weighted by molar-refractivity contribution is 0.468. The molecule has 0 aliphatic carbocycles. The lowest BCUT2D eigenvalue weighted by Crippen LogP contribution is -2.23. The molecule has 4 heteroatoms. The highest BCUT2D eigenvalue weighted by atomic mass is 19.1. The van der Waals surface area contributed by atoms with Gasteiger partial charge in [-0.05, 0) is 56.2 Å². The van der Waals surface area contributed by atoms with Crippen LogP contribution >= 0.6 is 0 Å². The summed E-state index contributed by atoms with van der Waals surface area (Å²) in [5.74, 6) is -1.15. The van der Waals surface area contributed by atoms with Crippen molar-refractivity contribution in [3.63, 3.8) is 0 Å². The predicted molar refractivity (Wildman–Crippen MR) is 77.5 cm³/mol. The van der Waals surface area contributed by atoms with E-state index in [1.54, 1.807) is 19.1 Å². The third-order valence-electron chi connectivity index (χ3n) is 3.61. The molecule has 1 unspecified atom stereocenters. The van der Waals surface area contributed by atoms with E-state index < -0.39 is 11.6 Å². The number of nitrogens with one attached hydrogen (secondary N) is 1. The Morgan fingerprint density at radius 3 is 2.10 bits per heavy atom. The first kappa shape index (κ1) is 15.6. The molecule has 0 amide bonds.